The maximum Gasteiger partial charge on any atom is 0.330 e. The summed E-state index contributed by atoms with van der Waals surface area (Å²) in [4.78, 5) is 24.2. The van der Waals surface area contributed by atoms with Gasteiger partial charge >= 0.3 is 5.97 Å². The van der Waals surface area contributed by atoms with Gasteiger partial charge in [0, 0.05) is 25.7 Å². The number of esters is 1. The molecule has 0 bridgehead atoms. The lowest BCUT2D eigenvalue weighted by atomic mass is 10.1. The van der Waals surface area contributed by atoms with Crippen LogP contribution in [0.3, 0.4) is 0 Å². The molecular weight excluding hydrogens is 274 g/mol. The minimum absolute atomic E-state index is 0.0563. The summed E-state index contributed by atoms with van der Waals surface area (Å²) in [7, 11) is 1.74. The topological polar surface area (TPSA) is 46.6 Å². The number of hydrogen-bond donors (Lipinski definition) is 0. The first kappa shape index (κ1) is 13.0. The predicted octanol–water partition coefficient (Wildman–Crippen LogP) is 1.27. The Morgan fingerprint density at radius 3 is 3.06 bits per heavy atom. The normalized spacial score (nSPS) is 21.2. The molecule has 0 aromatic heterocycles. The van der Waals surface area contributed by atoms with E-state index in [4.69, 9.17) is 4.74 Å². The minimum Gasteiger partial charge on any atom is -0.463 e. The fraction of sp³-hybridized carbons (Fsp3) is 0.455. The van der Waals surface area contributed by atoms with E-state index < -0.39 is 5.97 Å². The van der Waals surface area contributed by atoms with Crippen molar-refractivity contribution in [1.29, 1.82) is 0 Å². The lowest BCUT2D eigenvalue weighted by molar-refractivity contribution is -0.137. The van der Waals surface area contributed by atoms with Gasteiger partial charge in [-0.25, -0.2) is 4.79 Å². The third-order valence-corrected chi connectivity index (χ3v) is 2.98. The van der Waals surface area contributed by atoms with Crippen LogP contribution >= 0.6 is 15.9 Å². The summed E-state index contributed by atoms with van der Waals surface area (Å²) < 4.78 is 4.75. The van der Waals surface area contributed by atoms with Crippen LogP contribution in [0.25, 0.3) is 0 Å². The molecule has 1 aliphatic heterocycles. The highest BCUT2D eigenvalue weighted by atomic mass is 79.9. The Bertz CT molecular complexity index is 349. The molecule has 5 heteroatoms. The molecule has 1 amide bonds. The average molecular weight is 288 g/mol. The number of hydrogen-bond acceptors (Lipinski definition) is 3. The molecule has 4 nitrogen and oxygen atoms in total. The molecule has 1 unspecified atom stereocenters. The van der Waals surface area contributed by atoms with Crippen molar-refractivity contribution in [2.45, 2.75) is 11.8 Å². The van der Waals surface area contributed by atoms with Gasteiger partial charge in [0.15, 0.2) is 0 Å². The van der Waals surface area contributed by atoms with Gasteiger partial charge in [-0.15, -0.1) is 0 Å². The van der Waals surface area contributed by atoms with Crippen molar-refractivity contribution >= 4 is 27.8 Å². The number of halogens is 1. The highest BCUT2D eigenvalue weighted by Crippen LogP contribution is 2.19. The summed E-state index contributed by atoms with van der Waals surface area (Å²) in [6.07, 6.45) is 4.46. The first-order valence-electron chi connectivity index (χ1n) is 5.00. The van der Waals surface area contributed by atoms with Gasteiger partial charge in [-0.2, -0.15) is 0 Å². The molecule has 0 saturated carbocycles. The smallest absolute Gasteiger partial charge is 0.330 e. The van der Waals surface area contributed by atoms with E-state index in [1.807, 2.05) is 0 Å². The summed E-state index contributed by atoms with van der Waals surface area (Å²) in [5.74, 6) is -0.450. The largest absolute Gasteiger partial charge is 0.463 e. The van der Waals surface area contributed by atoms with Crippen LogP contribution in [-0.4, -0.2) is 41.8 Å². The van der Waals surface area contributed by atoms with E-state index in [0.717, 1.165) is 5.57 Å². The zero-order valence-electron chi connectivity index (χ0n) is 9.27. The zero-order valence-corrected chi connectivity index (χ0v) is 10.9. The van der Waals surface area contributed by atoms with Gasteiger partial charge in [0.1, 0.15) is 0 Å². The number of alkyl halides is 1. The minimum atomic E-state index is -0.394. The van der Waals surface area contributed by atoms with E-state index in [2.05, 4.69) is 15.9 Å². The van der Waals surface area contributed by atoms with Crippen LogP contribution in [0.4, 0.5) is 0 Å². The number of nitrogens with zero attached hydrogens (tertiary/aromatic N) is 1. The molecule has 16 heavy (non-hydrogen) atoms. The third kappa shape index (κ3) is 3.48. The Hall–Kier alpha value is -1.10. The Morgan fingerprint density at radius 2 is 2.44 bits per heavy atom. The van der Waals surface area contributed by atoms with Gasteiger partial charge in [0.25, 0.3) is 0 Å². The molecule has 88 valence electrons. The zero-order chi connectivity index (χ0) is 12.1. The Labute approximate surface area is 103 Å². The Morgan fingerprint density at radius 1 is 1.75 bits per heavy atom. The lowest BCUT2D eigenvalue weighted by Gasteiger charge is -2.25. The first-order valence-corrected chi connectivity index (χ1v) is 5.91. The van der Waals surface area contributed by atoms with E-state index >= 15 is 0 Å². The predicted molar refractivity (Wildman–Crippen MR) is 64.2 cm³/mol. The average Bonchev–Trinajstić information content (AvgIpc) is 2.22. The van der Waals surface area contributed by atoms with Crippen molar-refractivity contribution < 1.29 is 14.3 Å². The lowest BCUT2D eigenvalue weighted by Crippen LogP contribution is -2.35. The number of ether oxygens (including phenoxy) is 1. The van der Waals surface area contributed by atoms with Gasteiger partial charge in [-0.1, -0.05) is 22.0 Å². The molecule has 0 aromatic carbocycles. The van der Waals surface area contributed by atoms with Crippen LogP contribution in [0, 0.1) is 0 Å². The number of carbonyl (C=O) groups is 2. The molecule has 1 rings (SSSR count). The summed E-state index contributed by atoms with van der Waals surface area (Å²) in [6.45, 7) is 2.69. The van der Waals surface area contributed by atoms with Crippen molar-refractivity contribution in [3.05, 3.63) is 23.8 Å². The molecular formula is C11H14BrNO3. The standard InChI is InChI=1S/C11H14BrNO3/c1-3-16-11(15)5-4-8-6-10(14)13(2)7-9(8)12/h4-6,9H,3,7H2,1-2H3/b5-4+. The molecule has 1 aliphatic rings. The Balaban J connectivity index is 2.69. The van der Waals surface area contributed by atoms with Crippen molar-refractivity contribution in [1.82, 2.24) is 4.90 Å². The van der Waals surface area contributed by atoms with E-state index in [1.165, 1.54) is 12.2 Å². The van der Waals surface area contributed by atoms with Crippen molar-refractivity contribution in [3.63, 3.8) is 0 Å². The summed E-state index contributed by atoms with van der Waals surface area (Å²) >= 11 is 3.45. The van der Waals surface area contributed by atoms with Crippen LogP contribution in [0.1, 0.15) is 6.92 Å². The maximum absolute atomic E-state index is 11.4. The molecule has 0 spiro atoms. The number of rotatable bonds is 3. The monoisotopic (exact) mass is 287 g/mol. The molecule has 1 atom stereocenters. The number of carbonyl (C=O) groups excluding carboxylic acids is 2. The fourth-order valence-corrected chi connectivity index (χ4v) is 2.01. The van der Waals surface area contributed by atoms with Crippen molar-refractivity contribution in [2.75, 3.05) is 20.2 Å². The highest BCUT2D eigenvalue weighted by Gasteiger charge is 2.21. The van der Waals surface area contributed by atoms with Crippen LogP contribution in [0.15, 0.2) is 23.8 Å². The third-order valence-electron chi connectivity index (χ3n) is 2.16. The second kappa shape index (κ2) is 5.84. The van der Waals surface area contributed by atoms with E-state index in [1.54, 1.807) is 24.9 Å². The molecule has 1 heterocycles. The summed E-state index contributed by atoms with van der Waals surface area (Å²) in [5, 5.41) is 0. The summed E-state index contributed by atoms with van der Waals surface area (Å²) in [6, 6.07) is 0. The van der Waals surface area contributed by atoms with Gasteiger partial charge in [-0.05, 0) is 12.5 Å². The first-order chi connectivity index (χ1) is 7.54. The number of allylic oxidation sites excluding steroid dienone is 1. The van der Waals surface area contributed by atoms with Crippen molar-refractivity contribution in [3.8, 4) is 0 Å². The van der Waals surface area contributed by atoms with Gasteiger partial charge in [0.05, 0.1) is 11.4 Å². The van der Waals surface area contributed by atoms with Gasteiger partial charge < -0.3 is 9.64 Å². The van der Waals surface area contributed by atoms with Crippen LogP contribution in [-0.2, 0) is 14.3 Å². The fourth-order valence-electron chi connectivity index (χ4n) is 1.29. The molecule has 0 radical (unpaired) electrons. The quantitative estimate of drug-likeness (QED) is 0.446. The van der Waals surface area contributed by atoms with E-state index in [9.17, 15) is 9.59 Å². The number of likely N-dealkylation sites (N-methyl/N-ethyl adjacent to an activating group) is 1. The number of amides is 1. The van der Waals surface area contributed by atoms with Crippen LogP contribution in [0.2, 0.25) is 0 Å². The van der Waals surface area contributed by atoms with E-state index in [0.29, 0.717) is 13.2 Å². The second-order valence-corrected chi connectivity index (χ2v) is 4.52. The van der Waals surface area contributed by atoms with E-state index in [-0.39, 0.29) is 10.7 Å². The molecule has 0 N–H and O–H groups in total. The van der Waals surface area contributed by atoms with Crippen molar-refractivity contribution in [2.24, 2.45) is 0 Å². The summed E-state index contributed by atoms with van der Waals surface area (Å²) in [5.41, 5.74) is 0.788. The second-order valence-electron chi connectivity index (χ2n) is 3.42. The van der Waals surface area contributed by atoms with Crippen LogP contribution in [0.5, 0.6) is 0 Å². The highest BCUT2D eigenvalue weighted by molar-refractivity contribution is 9.09. The van der Waals surface area contributed by atoms with Gasteiger partial charge in [-0.3, -0.25) is 4.79 Å². The SMILES string of the molecule is CCOC(=O)/C=C/C1=CC(=O)N(C)CC1Br. The molecule has 0 aromatic rings. The molecule has 0 aliphatic carbocycles. The van der Waals surface area contributed by atoms with Gasteiger partial charge in [0.2, 0.25) is 5.91 Å². The molecule has 0 fully saturated rings. The maximum atomic E-state index is 11.4. The Kier molecular flexibility index (Phi) is 4.73. The van der Waals surface area contributed by atoms with Crippen LogP contribution < -0.4 is 0 Å². The molecule has 0 saturated heterocycles.